The second-order valence-electron chi connectivity index (χ2n) is 8.61. The number of nitrogens with zero attached hydrogens (tertiary/aromatic N) is 1. The number of hydrogen-bond donors (Lipinski definition) is 2. The SMILES string of the molecule is Cc1c(C(=O)c2ccccc2)oc2cc(O)c(C3=Nc4ccccc4NC(c4ccco4)C3)cc12. The monoisotopic (exact) mass is 462 g/mol. The first-order chi connectivity index (χ1) is 17.1. The molecule has 2 aromatic heterocycles. The predicted octanol–water partition coefficient (Wildman–Crippen LogP) is 6.95. The number of carbonyl (C=O) groups is 1. The number of hydrogen-bond acceptors (Lipinski definition) is 6. The Morgan fingerprint density at radius 3 is 2.63 bits per heavy atom. The Kier molecular flexibility index (Phi) is 4.99. The third-order valence-corrected chi connectivity index (χ3v) is 6.38. The van der Waals surface area contributed by atoms with Crippen LogP contribution in [0.3, 0.4) is 0 Å². The summed E-state index contributed by atoms with van der Waals surface area (Å²) in [5, 5.41) is 15.3. The Bertz CT molecular complexity index is 1580. The summed E-state index contributed by atoms with van der Waals surface area (Å²) in [7, 11) is 0. The number of benzene rings is 3. The number of rotatable bonds is 4. The number of para-hydroxylation sites is 2. The standard InChI is InChI=1S/C29H22N2O4/c1-17-19-14-20(25(32)16-27(19)35-29(17)28(33)18-8-3-2-4-9-18)23-15-24(26-12-7-13-34-26)31-22-11-6-5-10-21(22)30-23/h2-14,16,24,31-32H,15H2,1H3. The number of furan rings is 2. The average molecular weight is 463 g/mol. The minimum atomic E-state index is -0.192. The van der Waals surface area contributed by atoms with E-state index in [-0.39, 0.29) is 23.3 Å². The first kappa shape index (κ1) is 21.0. The highest BCUT2D eigenvalue weighted by Crippen LogP contribution is 2.39. The van der Waals surface area contributed by atoms with Gasteiger partial charge in [0.25, 0.3) is 0 Å². The number of phenolic OH excluding ortho intramolecular Hbond substituents is 1. The molecule has 0 aliphatic carbocycles. The van der Waals surface area contributed by atoms with Crippen LogP contribution in [0.1, 0.15) is 45.5 Å². The largest absolute Gasteiger partial charge is 0.507 e. The molecule has 172 valence electrons. The van der Waals surface area contributed by atoms with E-state index in [1.807, 2.05) is 67.6 Å². The number of fused-ring (bicyclic) bond motifs is 2. The van der Waals surface area contributed by atoms with Crippen LogP contribution in [0, 0.1) is 6.92 Å². The van der Waals surface area contributed by atoms with Crippen molar-refractivity contribution in [1.29, 1.82) is 0 Å². The molecule has 1 aliphatic rings. The van der Waals surface area contributed by atoms with Crippen LogP contribution in [0.4, 0.5) is 11.4 Å². The predicted molar refractivity (Wildman–Crippen MR) is 135 cm³/mol. The maximum absolute atomic E-state index is 13.1. The second-order valence-corrected chi connectivity index (χ2v) is 8.61. The second kappa shape index (κ2) is 8.33. The molecule has 1 aliphatic heterocycles. The average Bonchev–Trinajstić information content (AvgIpc) is 3.47. The Morgan fingerprint density at radius 1 is 1.03 bits per heavy atom. The number of aromatic hydroxyl groups is 1. The van der Waals surface area contributed by atoms with E-state index >= 15 is 0 Å². The van der Waals surface area contributed by atoms with Crippen molar-refractivity contribution < 1.29 is 18.7 Å². The molecule has 0 radical (unpaired) electrons. The van der Waals surface area contributed by atoms with E-state index in [0.717, 1.165) is 28.1 Å². The topological polar surface area (TPSA) is 88.0 Å². The normalized spacial score (nSPS) is 15.2. The van der Waals surface area contributed by atoms with Crippen LogP contribution in [0.25, 0.3) is 11.0 Å². The van der Waals surface area contributed by atoms with Crippen LogP contribution in [0.5, 0.6) is 5.75 Å². The van der Waals surface area contributed by atoms with E-state index in [4.69, 9.17) is 13.8 Å². The van der Waals surface area contributed by atoms with Gasteiger partial charge in [-0.2, -0.15) is 0 Å². The highest BCUT2D eigenvalue weighted by atomic mass is 16.3. The van der Waals surface area contributed by atoms with E-state index in [9.17, 15) is 9.90 Å². The van der Waals surface area contributed by atoms with Gasteiger partial charge in [0, 0.05) is 34.6 Å². The van der Waals surface area contributed by atoms with Crippen LogP contribution in [0.15, 0.2) is 99.0 Å². The Labute approximate surface area is 201 Å². The van der Waals surface area contributed by atoms with E-state index in [1.54, 1.807) is 24.5 Å². The number of aliphatic imine (C=N–C) groups is 1. The van der Waals surface area contributed by atoms with Crippen LogP contribution in [-0.2, 0) is 0 Å². The Hall–Kier alpha value is -4.58. The number of phenols is 1. The molecule has 6 nitrogen and oxygen atoms in total. The molecule has 0 saturated heterocycles. The van der Waals surface area contributed by atoms with Crippen molar-refractivity contribution in [2.24, 2.45) is 4.99 Å². The van der Waals surface area contributed by atoms with Crippen molar-refractivity contribution in [3.8, 4) is 5.75 Å². The molecule has 2 N–H and O–H groups in total. The molecule has 35 heavy (non-hydrogen) atoms. The number of aryl methyl sites for hydroxylation is 1. The molecule has 3 heterocycles. The summed E-state index contributed by atoms with van der Waals surface area (Å²) in [5.74, 6) is 0.903. The van der Waals surface area contributed by atoms with Gasteiger partial charge in [0.05, 0.1) is 29.4 Å². The summed E-state index contributed by atoms with van der Waals surface area (Å²) in [6.45, 7) is 1.86. The van der Waals surface area contributed by atoms with E-state index in [2.05, 4.69) is 5.32 Å². The molecular weight excluding hydrogens is 440 g/mol. The summed E-state index contributed by atoms with van der Waals surface area (Å²) >= 11 is 0. The first-order valence-corrected chi connectivity index (χ1v) is 11.4. The van der Waals surface area contributed by atoms with Gasteiger partial charge >= 0.3 is 0 Å². The molecule has 0 spiro atoms. The lowest BCUT2D eigenvalue weighted by molar-refractivity contribution is 0.101. The zero-order valence-electron chi connectivity index (χ0n) is 19.0. The molecule has 0 fully saturated rings. The summed E-state index contributed by atoms with van der Waals surface area (Å²) in [5.41, 5.74) is 4.70. The number of anilines is 1. The summed E-state index contributed by atoms with van der Waals surface area (Å²) < 4.78 is 11.6. The summed E-state index contributed by atoms with van der Waals surface area (Å²) in [6, 6.07) is 23.9. The highest BCUT2D eigenvalue weighted by molar-refractivity contribution is 6.12. The van der Waals surface area contributed by atoms with Crippen LogP contribution in [0.2, 0.25) is 0 Å². The third kappa shape index (κ3) is 3.69. The molecule has 6 rings (SSSR count). The van der Waals surface area contributed by atoms with Crippen LogP contribution in [-0.4, -0.2) is 16.6 Å². The van der Waals surface area contributed by atoms with Gasteiger partial charge in [-0.1, -0.05) is 42.5 Å². The van der Waals surface area contributed by atoms with Crippen LogP contribution < -0.4 is 5.32 Å². The van der Waals surface area contributed by atoms with Crippen molar-refractivity contribution in [3.05, 3.63) is 113 Å². The number of carbonyl (C=O) groups excluding carboxylic acids is 1. The fraction of sp³-hybridized carbons (Fsp3) is 0.103. The molecule has 1 atom stereocenters. The fourth-order valence-electron chi connectivity index (χ4n) is 4.57. The van der Waals surface area contributed by atoms with Crippen molar-refractivity contribution in [2.45, 2.75) is 19.4 Å². The van der Waals surface area contributed by atoms with Crippen LogP contribution >= 0.6 is 0 Å². The summed E-state index contributed by atoms with van der Waals surface area (Å²) in [6.07, 6.45) is 2.14. The lowest BCUT2D eigenvalue weighted by atomic mass is 9.97. The van der Waals surface area contributed by atoms with Gasteiger partial charge in [-0.25, -0.2) is 0 Å². The molecule has 3 aromatic carbocycles. The molecule has 1 unspecified atom stereocenters. The fourth-order valence-corrected chi connectivity index (χ4v) is 4.57. The van der Waals surface area contributed by atoms with E-state index in [1.165, 1.54) is 0 Å². The van der Waals surface area contributed by atoms with E-state index < -0.39 is 0 Å². The molecule has 0 amide bonds. The quantitative estimate of drug-likeness (QED) is 0.282. The smallest absolute Gasteiger partial charge is 0.228 e. The molecule has 0 saturated carbocycles. The first-order valence-electron chi connectivity index (χ1n) is 11.4. The summed E-state index contributed by atoms with van der Waals surface area (Å²) in [4.78, 5) is 18.0. The Morgan fingerprint density at radius 2 is 1.83 bits per heavy atom. The van der Waals surface area contributed by atoms with E-state index in [0.29, 0.717) is 28.8 Å². The minimum absolute atomic E-state index is 0.0429. The lowest BCUT2D eigenvalue weighted by Crippen LogP contribution is -2.14. The zero-order valence-corrected chi connectivity index (χ0v) is 19.0. The van der Waals surface area contributed by atoms with Crippen molar-refractivity contribution in [3.63, 3.8) is 0 Å². The molecule has 5 aromatic rings. The van der Waals surface area contributed by atoms with Gasteiger partial charge in [0.1, 0.15) is 17.1 Å². The van der Waals surface area contributed by atoms with Gasteiger partial charge in [0.2, 0.25) is 5.78 Å². The van der Waals surface area contributed by atoms with Gasteiger partial charge < -0.3 is 19.3 Å². The van der Waals surface area contributed by atoms with Crippen molar-refractivity contribution in [1.82, 2.24) is 0 Å². The number of ketones is 1. The third-order valence-electron chi connectivity index (χ3n) is 6.38. The Balaban J connectivity index is 1.47. The molecule has 0 bridgehead atoms. The maximum atomic E-state index is 13.1. The van der Waals surface area contributed by atoms with Crippen molar-refractivity contribution in [2.75, 3.05) is 5.32 Å². The molecular formula is C29H22N2O4. The van der Waals surface area contributed by atoms with Gasteiger partial charge in [-0.15, -0.1) is 0 Å². The lowest BCUT2D eigenvalue weighted by Gasteiger charge is -2.16. The van der Waals surface area contributed by atoms with Crippen molar-refractivity contribution >= 4 is 33.8 Å². The highest BCUT2D eigenvalue weighted by Gasteiger charge is 2.26. The maximum Gasteiger partial charge on any atom is 0.228 e. The molecule has 6 heteroatoms. The number of nitrogens with one attached hydrogen (secondary N) is 1. The zero-order chi connectivity index (χ0) is 23.9. The van der Waals surface area contributed by atoms with Gasteiger partial charge in [0.15, 0.2) is 5.76 Å². The van der Waals surface area contributed by atoms with Gasteiger partial charge in [-0.3, -0.25) is 9.79 Å². The van der Waals surface area contributed by atoms with Gasteiger partial charge in [-0.05, 0) is 37.3 Å². The minimum Gasteiger partial charge on any atom is -0.507 e.